The Balaban J connectivity index is 1.81. The minimum absolute atomic E-state index is 0.0157. The Morgan fingerprint density at radius 2 is 1.95 bits per heavy atom. The van der Waals surface area contributed by atoms with Crippen molar-refractivity contribution in [1.29, 1.82) is 0 Å². The Bertz CT molecular complexity index is 789. The summed E-state index contributed by atoms with van der Waals surface area (Å²) in [5, 5.41) is 4.17. The molecule has 3 heteroatoms. The molecule has 3 rings (SSSR count). The Kier molecular flexibility index (Phi) is 3.48. The molecule has 0 saturated heterocycles. The number of H-pyrrole nitrogens is 1. The van der Waals surface area contributed by atoms with E-state index in [1.807, 2.05) is 49.5 Å². The topological polar surface area (TPSA) is 44.9 Å². The van der Waals surface area contributed by atoms with Gasteiger partial charge in [-0.05, 0) is 48.6 Å². The number of carbonyl (C=O) groups excluding carboxylic acids is 1. The molecule has 0 aliphatic heterocycles. The van der Waals surface area contributed by atoms with E-state index in [4.69, 9.17) is 0 Å². The zero-order valence-electron chi connectivity index (χ0n) is 12.2. The van der Waals surface area contributed by atoms with Gasteiger partial charge in [-0.25, -0.2) is 0 Å². The molecule has 0 bridgehead atoms. The van der Waals surface area contributed by atoms with Gasteiger partial charge in [0.15, 0.2) is 0 Å². The predicted octanol–water partition coefficient (Wildman–Crippen LogP) is 3.97. The average molecular weight is 278 g/mol. The van der Waals surface area contributed by atoms with E-state index in [2.05, 4.69) is 29.4 Å². The fraction of sp³-hybridized carbons (Fsp3) is 0.167. The molecule has 2 N–H and O–H groups in total. The van der Waals surface area contributed by atoms with Crippen LogP contribution < -0.4 is 5.32 Å². The first-order valence-electron chi connectivity index (χ1n) is 7.08. The molecule has 3 nitrogen and oxygen atoms in total. The summed E-state index contributed by atoms with van der Waals surface area (Å²) < 4.78 is 0. The molecule has 1 aromatic heterocycles. The fourth-order valence-electron chi connectivity index (χ4n) is 2.62. The van der Waals surface area contributed by atoms with Crippen LogP contribution >= 0.6 is 0 Å². The Hall–Kier alpha value is -2.55. The van der Waals surface area contributed by atoms with Crippen molar-refractivity contribution >= 4 is 16.8 Å². The maximum atomic E-state index is 12.4. The molecule has 1 atom stereocenters. The van der Waals surface area contributed by atoms with Gasteiger partial charge in [-0.3, -0.25) is 4.79 Å². The number of nitrogens with one attached hydrogen (secondary N) is 2. The monoisotopic (exact) mass is 278 g/mol. The fourth-order valence-corrected chi connectivity index (χ4v) is 2.62. The van der Waals surface area contributed by atoms with E-state index in [0.29, 0.717) is 5.56 Å². The molecular weight excluding hydrogens is 260 g/mol. The molecule has 3 aromatic rings. The summed E-state index contributed by atoms with van der Waals surface area (Å²) >= 11 is 0. The van der Waals surface area contributed by atoms with Crippen molar-refractivity contribution in [2.24, 2.45) is 0 Å². The van der Waals surface area contributed by atoms with Crippen molar-refractivity contribution in [3.63, 3.8) is 0 Å². The zero-order chi connectivity index (χ0) is 14.8. The van der Waals surface area contributed by atoms with E-state index in [1.165, 1.54) is 5.56 Å². The smallest absolute Gasteiger partial charge is 0.251 e. The number of amides is 1. The Labute approximate surface area is 124 Å². The highest BCUT2D eigenvalue weighted by atomic mass is 16.1. The Morgan fingerprint density at radius 1 is 1.14 bits per heavy atom. The van der Waals surface area contributed by atoms with E-state index in [9.17, 15) is 4.79 Å². The van der Waals surface area contributed by atoms with Crippen molar-refractivity contribution in [2.45, 2.75) is 19.9 Å². The highest BCUT2D eigenvalue weighted by Crippen LogP contribution is 2.18. The first-order chi connectivity index (χ1) is 10.1. The number of aromatic nitrogens is 1. The van der Waals surface area contributed by atoms with Gasteiger partial charge < -0.3 is 10.3 Å². The van der Waals surface area contributed by atoms with E-state index in [-0.39, 0.29) is 11.9 Å². The summed E-state index contributed by atoms with van der Waals surface area (Å²) in [6.45, 7) is 4.07. The summed E-state index contributed by atoms with van der Waals surface area (Å²) in [4.78, 5) is 15.5. The molecular formula is C18H18N2O. The van der Waals surface area contributed by atoms with Crippen molar-refractivity contribution in [3.05, 3.63) is 71.4 Å². The lowest BCUT2D eigenvalue weighted by Crippen LogP contribution is -2.27. The van der Waals surface area contributed by atoms with Crippen LogP contribution in [0.15, 0.2) is 54.7 Å². The molecule has 0 aliphatic rings. The van der Waals surface area contributed by atoms with Gasteiger partial charge in [0.1, 0.15) is 0 Å². The van der Waals surface area contributed by atoms with Crippen LogP contribution in [-0.4, -0.2) is 10.9 Å². The van der Waals surface area contributed by atoms with Crippen molar-refractivity contribution < 1.29 is 4.79 Å². The summed E-state index contributed by atoms with van der Waals surface area (Å²) in [6, 6.07) is 15.8. The van der Waals surface area contributed by atoms with E-state index in [0.717, 1.165) is 16.5 Å². The lowest BCUT2D eigenvalue weighted by atomic mass is 10.0. The highest BCUT2D eigenvalue weighted by molar-refractivity contribution is 5.98. The molecule has 0 spiro atoms. The second kappa shape index (κ2) is 5.44. The van der Waals surface area contributed by atoms with Crippen molar-refractivity contribution in [2.75, 3.05) is 0 Å². The predicted molar refractivity (Wildman–Crippen MR) is 85.4 cm³/mol. The minimum atomic E-state index is -0.0535. The normalized spacial score (nSPS) is 12.3. The number of benzene rings is 2. The minimum Gasteiger partial charge on any atom is -0.361 e. The van der Waals surface area contributed by atoms with Crippen molar-refractivity contribution in [1.82, 2.24) is 10.3 Å². The van der Waals surface area contributed by atoms with Crippen LogP contribution in [0.3, 0.4) is 0 Å². The third-order valence-corrected chi connectivity index (χ3v) is 3.82. The van der Waals surface area contributed by atoms with Crippen LogP contribution in [-0.2, 0) is 0 Å². The molecule has 1 heterocycles. The molecule has 0 radical (unpaired) electrons. The number of carbonyl (C=O) groups is 1. The lowest BCUT2D eigenvalue weighted by Gasteiger charge is -2.16. The van der Waals surface area contributed by atoms with E-state index < -0.39 is 0 Å². The van der Waals surface area contributed by atoms with E-state index in [1.54, 1.807) is 0 Å². The molecule has 1 amide bonds. The van der Waals surface area contributed by atoms with Gasteiger partial charge in [-0.1, -0.05) is 30.3 Å². The van der Waals surface area contributed by atoms with Crippen LogP contribution in [0.5, 0.6) is 0 Å². The molecule has 21 heavy (non-hydrogen) atoms. The van der Waals surface area contributed by atoms with Crippen LogP contribution in [0.1, 0.15) is 34.5 Å². The molecule has 106 valence electrons. The molecule has 0 saturated carbocycles. The maximum absolute atomic E-state index is 12.4. The summed E-state index contributed by atoms with van der Waals surface area (Å²) in [7, 11) is 0. The summed E-state index contributed by atoms with van der Waals surface area (Å²) in [5.74, 6) is -0.0535. The zero-order valence-corrected chi connectivity index (χ0v) is 12.2. The lowest BCUT2D eigenvalue weighted by molar-refractivity contribution is 0.0940. The number of hydrogen-bond acceptors (Lipinski definition) is 1. The number of hydrogen-bond donors (Lipinski definition) is 2. The van der Waals surface area contributed by atoms with Crippen LogP contribution in [0.25, 0.3) is 10.9 Å². The van der Waals surface area contributed by atoms with Gasteiger partial charge in [0, 0.05) is 17.3 Å². The quantitative estimate of drug-likeness (QED) is 0.748. The molecule has 2 aromatic carbocycles. The maximum Gasteiger partial charge on any atom is 0.251 e. The standard InChI is InChI=1S/C18H18N2O/c1-12-5-3-4-6-16(12)13(2)20-18(21)15-8-7-14-9-10-19-17(14)11-15/h3-11,13,19H,1-2H3,(H,20,21)/t13-/m1/s1. The highest BCUT2D eigenvalue weighted by Gasteiger charge is 2.13. The van der Waals surface area contributed by atoms with Gasteiger partial charge >= 0.3 is 0 Å². The number of rotatable bonds is 3. The van der Waals surface area contributed by atoms with Gasteiger partial charge in [0.25, 0.3) is 5.91 Å². The number of aromatic amines is 1. The Morgan fingerprint density at radius 3 is 2.76 bits per heavy atom. The van der Waals surface area contributed by atoms with Crippen LogP contribution in [0, 0.1) is 6.92 Å². The van der Waals surface area contributed by atoms with Crippen molar-refractivity contribution in [3.8, 4) is 0 Å². The van der Waals surface area contributed by atoms with Crippen LogP contribution in [0.2, 0.25) is 0 Å². The average Bonchev–Trinajstić information content (AvgIpc) is 2.94. The third-order valence-electron chi connectivity index (χ3n) is 3.82. The molecule has 0 fully saturated rings. The van der Waals surface area contributed by atoms with E-state index >= 15 is 0 Å². The van der Waals surface area contributed by atoms with Crippen LogP contribution in [0.4, 0.5) is 0 Å². The SMILES string of the molecule is Cc1ccccc1[C@@H](C)NC(=O)c1ccc2cc[nH]c2c1. The molecule has 0 unspecified atom stereocenters. The number of fused-ring (bicyclic) bond motifs is 1. The van der Waals surface area contributed by atoms with Gasteiger partial charge in [0.05, 0.1) is 6.04 Å². The van der Waals surface area contributed by atoms with Gasteiger partial charge in [-0.15, -0.1) is 0 Å². The first-order valence-corrected chi connectivity index (χ1v) is 7.08. The second-order valence-electron chi connectivity index (χ2n) is 5.33. The number of aryl methyl sites for hydroxylation is 1. The summed E-state index contributed by atoms with van der Waals surface area (Å²) in [5.41, 5.74) is 3.98. The second-order valence-corrected chi connectivity index (χ2v) is 5.33. The largest absolute Gasteiger partial charge is 0.361 e. The van der Waals surface area contributed by atoms with Gasteiger partial charge in [0.2, 0.25) is 0 Å². The molecule has 0 aliphatic carbocycles. The third kappa shape index (κ3) is 2.68. The summed E-state index contributed by atoms with van der Waals surface area (Å²) in [6.07, 6.45) is 1.88. The van der Waals surface area contributed by atoms with Gasteiger partial charge in [-0.2, -0.15) is 0 Å². The first kappa shape index (κ1) is 13.4.